The van der Waals surface area contributed by atoms with E-state index in [1.807, 2.05) is 6.92 Å². The molecule has 2 unspecified atom stereocenters. The molecule has 0 fully saturated rings. The minimum absolute atomic E-state index is 0.464. The highest BCUT2D eigenvalue weighted by Gasteiger charge is 2.25. The van der Waals surface area contributed by atoms with Gasteiger partial charge < -0.3 is 20.7 Å². The average molecular weight is 212 g/mol. The molecule has 0 aromatic carbocycles. The third kappa shape index (κ3) is 3.03. The fourth-order valence-electron chi connectivity index (χ4n) is 1.39. The number of nitrogens with zero attached hydrogens (tertiary/aromatic N) is 2. The molecule has 0 bridgehead atoms. The van der Waals surface area contributed by atoms with Gasteiger partial charge in [0.05, 0.1) is 6.33 Å². The topological polar surface area (TPSA) is 93.2 Å². The second kappa shape index (κ2) is 5.47. The van der Waals surface area contributed by atoms with Crippen molar-refractivity contribution in [1.82, 2.24) is 14.9 Å². The van der Waals surface area contributed by atoms with Crippen molar-refractivity contribution in [3.63, 3.8) is 0 Å². The van der Waals surface area contributed by atoms with Crippen molar-refractivity contribution in [3.8, 4) is 0 Å². The van der Waals surface area contributed by atoms with Gasteiger partial charge >= 0.3 is 5.97 Å². The Kier molecular flexibility index (Phi) is 4.26. The predicted molar refractivity (Wildman–Crippen MR) is 55.4 cm³/mol. The third-order valence-electron chi connectivity index (χ3n) is 2.13. The SMILES string of the molecule is CCNCC(N)C(C(=O)O)n1ccnc1. The van der Waals surface area contributed by atoms with Crippen LogP contribution >= 0.6 is 0 Å². The fraction of sp³-hybridized carbons (Fsp3) is 0.556. The Bertz CT molecular complexity index is 299. The quantitative estimate of drug-likeness (QED) is 0.588. The second-order valence-corrected chi connectivity index (χ2v) is 3.26. The Morgan fingerprint density at radius 3 is 2.93 bits per heavy atom. The number of imidazole rings is 1. The van der Waals surface area contributed by atoms with Crippen LogP contribution in [0.3, 0.4) is 0 Å². The largest absolute Gasteiger partial charge is 0.480 e. The number of hydrogen-bond donors (Lipinski definition) is 3. The van der Waals surface area contributed by atoms with E-state index < -0.39 is 18.1 Å². The lowest BCUT2D eigenvalue weighted by Crippen LogP contribution is -2.44. The summed E-state index contributed by atoms with van der Waals surface area (Å²) in [6.07, 6.45) is 4.60. The third-order valence-corrected chi connectivity index (χ3v) is 2.13. The van der Waals surface area contributed by atoms with Gasteiger partial charge in [-0.05, 0) is 6.54 Å². The zero-order valence-corrected chi connectivity index (χ0v) is 8.63. The molecule has 2 atom stereocenters. The van der Waals surface area contributed by atoms with Gasteiger partial charge in [0.25, 0.3) is 0 Å². The first kappa shape index (κ1) is 11.7. The molecule has 4 N–H and O–H groups in total. The summed E-state index contributed by atoms with van der Waals surface area (Å²) in [7, 11) is 0. The molecule has 0 saturated carbocycles. The highest BCUT2D eigenvalue weighted by molar-refractivity contribution is 5.72. The van der Waals surface area contributed by atoms with E-state index in [-0.39, 0.29) is 0 Å². The van der Waals surface area contributed by atoms with Gasteiger partial charge in [-0.2, -0.15) is 0 Å². The zero-order valence-electron chi connectivity index (χ0n) is 8.63. The van der Waals surface area contributed by atoms with E-state index >= 15 is 0 Å². The van der Waals surface area contributed by atoms with Gasteiger partial charge in [0, 0.05) is 25.0 Å². The van der Waals surface area contributed by atoms with Crippen molar-refractivity contribution < 1.29 is 9.90 Å². The molecule has 0 aliphatic heterocycles. The van der Waals surface area contributed by atoms with E-state index in [0.717, 1.165) is 6.54 Å². The Hall–Kier alpha value is -1.40. The molecule has 0 spiro atoms. The van der Waals surface area contributed by atoms with Crippen LogP contribution in [0.1, 0.15) is 13.0 Å². The maximum Gasteiger partial charge on any atom is 0.328 e. The number of nitrogens with one attached hydrogen (secondary N) is 1. The summed E-state index contributed by atoms with van der Waals surface area (Å²) in [6.45, 7) is 3.18. The van der Waals surface area contributed by atoms with Crippen LogP contribution < -0.4 is 11.1 Å². The summed E-state index contributed by atoms with van der Waals surface area (Å²) in [5.41, 5.74) is 5.80. The number of rotatable bonds is 6. The van der Waals surface area contributed by atoms with Crippen molar-refractivity contribution >= 4 is 5.97 Å². The number of nitrogens with two attached hydrogens (primary N) is 1. The second-order valence-electron chi connectivity index (χ2n) is 3.26. The molecule has 0 aliphatic rings. The Labute approximate surface area is 88.1 Å². The van der Waals surface area contributed by atoms with Crippen LogP contribution in [-0.2, 0) is 4.79 Å². The molecule has 1 rings (SSSR count). The van der Waals surface area contributed by atoms with Crippen molar-refractivity contribution in [2.24, 2.45) is 5.73 Å². The molecular formula is C9H16N4O2. The molecule has 1 aromatic rings. The number of hydrogen-bond acceptors (Lipinski definition) is 4. The molecular weight excluding hydrogens is 196 g/mol. The average Bonchev–Trinajstić information content (AvgIpc) is 2.67. The minimum Gasteiger partial charge on any atom is -0.480 e. The molecule has 1 aromatic heterocycles. The summed E-state index contributed by atoms with van der Waals surface area (Å²) >= 11 is 0. The highest BCUT2D eigenvalue weighted by atomic mass is 16.4. The molecule has 6 nitrogen and oxygen atoms in total. The molecule has 15 heavy (non-hydrogen) atoms. The first-order valence-corrected chi connectivity index (χ1v) is 4.83. The summed E-state index contributed by atoms with van der Waals surface area (Å²) in [4.78, 5) is 14.9. The molecule has 6 heteroatoms. The van der Waals surface area contributed by atoms with E-state index in [9.17, 15) is 4.79 Å². The number of carbonyl (C=O) groups is 1. The fourth-order valence-corrected chi connectivity index (χ4v) is 1.39. The van der Waals surface area contributed by atoms with E-state index in [4.69, 9.17) is 10.8 Å². The molecule has 1 heterocycles. The normalized spacial score (nSPS) is 14.8. The summed E-state index contributed by atoms with van der Waals surface area (Å²) in [6, 6.07) is -1.25. The van der Waals surface area contributed by atoms with Gasteiger partial charge in [-0.3, -0.25) is 0 Å². The summed E-state index contributed by atoms with van der Waals surface area (Å²) in [5, 5.41) is 12.1. The van der Waals surface area contributed by atoms with Crippen LogP contribution in [0.2, 0.25) is 0 Å². The lowest BCUT2D eigenvalue weighted by atomic mass is 10.1. The van der Waals surface area contributed by atoms with Gasteiger partial charge in [0.15, 0.2) is 0 Å². The van der Waals surface area contributed by atoms with Gasteiger partial charge in [0.1, 0.15) is 6.04 Å². The lowest BCUT2D eigenvalue weighted by molar-refractivity contribution is -0.141. The number of aliphatic carboxylic acids is 1. The van der Waals surface area contributed by atoms with Gasteiger partial charge in [-0.25, -0.2) is 9.78 Å². The van der Waals surface area contributed by atoms with Crippen molar-refractivity contribution in [2.45, 2.75) is 19.0 Å². The predicted octanol–water partition coefficient (Wildman–Crippen LogP) is -0.554. The standard InChI is InChI=1S/C9H16N4O2/c1-2-11-5-7(10)8(9(14)15)13-4-3-12-6-13/h3-4,6-8,11H,2,5,10H2,1H3,(H,14,15). The van der Waals surface area contributed by atoms with Crippen molar-refractivity contribution in [2.75, 3.05) is 13.1 Å². The first-order chi connectivity index (χ1) is 7.16. The van der Waals surface area contributed by atoms with Crippen molar-refractivity contribution in [3.05, 3.63) is 18.7 Å². The van der Waals surface area contributed by atoms with Crippen LogP contribution in [0.15, 0.2) is 18.7 Å². The molecule has 0 amide bonds. The summed E-state index contributed by atoms with van der Waals surface area (Å²) in [5.74, 6) is -0.946. The van der Waals surface area contributed by atoms with Crippen molar-refractivity contribution in [1.29, 1.82) is 0 Å². The Balaban J connectivity index is 2.70. The Morgan fingerprint density at radius 2 is 2.47 bits per heavy atom. The number of aromatic nitrogens is 2. The van der Waals surface area contributed by atoms with E-state index in [2.05, 4.69) is 10.3 Å². The molecule has 0 saturated heterocycles. The number of likely N-dealkylation sites (N-methyl/N-ethyl adjacent to an activating group) is 1. The van der Waals surface area contributed by atoms with E-state index in [0.29, 0.717) is 6.54 Å². The zero-order chi connectivity index (χ0) is 11.3. The van der Waals surface area contributed by atoms with Gasteiger partial charge in [-0.15, -0.1) is 0 Å². The highest BCUT2D eigenvalue weighted by Crippen LogP contribution is 2.09. The van der Waals surface area contributed by atoms with Gasteiger partial charge in [-0.1, -0.05) is 6.92 Å². The minimum atomic E-state index is -0.946. The smallest absolute Gasteiger partial charge is 0.328 e. The van der Waals surface area contributed by atoms with Gasteiger partial charge in [0.2, 0.25) is 0 Å². The maximum absolute atomic E-state index is 11.0. The van der Waals surface area contributed by atoms with Crippen LogP contribution in [0.5, 0.6) is 0 Å². The van der Waals surface area contributed by atoms with Crippen LogP contribution in [-0.4, -0.2) is 39.8 Å². The van der Waals surface area contributed by atoms with Crippen LogP contribution in [0.4, 0.5) is 0 Å². The van der Waals surface area contributed by atoms with E-state index in [1.54, 1.807) is 6.20 Å². The van der Waals surface area contributed by atoms with Crippen LogP contribution in [0, 0.1) is 0 Å². The summed E-state index contributed by atoms with van der Waals surface area (Å²) < 4.78 is 1.50. The monoisotopic (exact) mass is 212 g/mol. The first-order valence-electron chi connectivity index (χ1n) is 4.83. The van der Waals surface area contributed by atoms with Crippen LogP contribution in [0.25, 0.3) is 0 Å². The lowest BCUT2D eigenvalue weighted by Gasteiger charge is -2.21. The van der Waals surface area contributed by atoms with E-state index in [1.165, 1.54) is 17.1 Å². The molecule has 0 aliphatic carbocycles. The molecule has 84 valence electrons. The number of carboxylic acids is 1. The molecule has 0 radical (unpaired) electrons. The maximum atomic E-state index is 11.0. The Morgan fingerprint density at radius 1 is 1.73 bits per heavy atom. The number of carboxylic acid groups (broad SMARTS) is 1.